The largest absolute Gasteiger partial charge is 0.294 e. The Hall–Kier alpha value is -8.60. The zero-order valence-electron chi connectivity index (χ0n) is 38.9. The van der Waals surface area contributed by atoms with Gasteiger partial charge in [0.05, 0.1) is 22.0 Å². The van der Waals surface area contributed by atoms with Gasteiger partial charge in [0.15, 0.2) is 17.4 Å². The second-order valence-electron chi connectivity index (χ2n) is 19.4. The van der Waals surface area contributed by atoms with E-state index in [1.807, 2.05) is 6.20 Å². The summed E-state index contributed by atoms with van der Waals surface area (Å²) in [5.41, 5.74) is 19.5. The van der Waals surface area contributed by atoms with Crippen LogP contribution in [0, 0.1) is 0 Å². The topological polar surface area (TPSA) is 27.7 Å². The van der Waals surface area contributed by atoms with Crippen LogP contribution < -0.4 is 0 Å². The van der Waals surface area contributed by atoms with Crippen LogP contribution in [-0.4, -0.2) is 18.7 Å². The summed E-state index contributed by atoms with van der Waals surface area (Å²) in [6, 6.07) is 84.7. The van der Waals surface area contributed by atoms with Crippen LogP contribution in [0.2, 0.25) is 0 Å². The SMILES string of the molecule is CC(C)(C)n1[cH+]n(-c2cccc(C3(c4ccc5c6ccccc6n(-c6cc(-c7c(-c8ccccc8)cccc7-c7ccccc7)ccn6)c5c4)c4ccccc4-c4ccccc43)c2)c2ccccc21. The fraction of sp³-hybridized carbons (Fsp3) is 0.0769. The summed E-state index contributed by atoms with van der Waals surface area (Å²) >= 11 is 0. The molecule has 0 N–H and O–H groups in total. The summed E-state index contributed by atoms with van der Waals surface area (Å²) in [7, 11) is 0. The lowest BCUT2D eigenvalue weighted by Gasteiger charge is -2.34. The van der Waals surface area contributed by atoms with E-state index in [9.17, 15) is 0 Å². The number of nitrogens with zero attached hydrogens (tertiary/aromatic N) is 4. The molecule has 12 aromatic rings. The van der Waals surface area contributed by atoms with Crippen molar-refractivity contribution in [3.05, 3.63) is 265 Å². The third-order valence-electron chi connectivity index (χ3n) is 14.5. The van der Waals surface area contributed by atoms with Crippen molar-refractivity contribution in [1.29, 1.82) is 0 Å². The van der Waals surface area contributed by atoms with E-state index in [4.69, 9.17) is 4.98 Å². The van der Waals surface area contributed by atoms with Gasteiger partial charge in [-0.3, -0.25) is 4.57 Å². The molecule has 4 nitrogen and oxygen atoms in total. The van der Waals surface area contributed by atoms with Gasteiger partial charge in [-0.1, -0.05) is 164 Å². The van der Waals surface area contributed by atoms with Crippen molar-refractivity contribution >= 4 is 32.8 Å². The summed E-state index contributed by atoms with van der Waals surface area (Å²) in [5.74, 6) is 0.868. The average Bonchev–Trinajstić information content (AvgIpc) is 4.06. The summed E-state index contributed by atoms with van der Waals surface area (Å²) in [5, 5.41) is 2.38. The number of fused-ring (bicyclic) bond motifs is 7. The Morgan fingerprint density at radius 3 is 1.65 bits per heavy atom. The molecule has 3 heterocycles. The Bertz CT molecular complexity index is 3840. The molecule has 69 heavy (non-hydrogen) atoms. The molecule has 0 aliphatic heterocycles. The Labute approximate surface area is 402 Å². The molecule has 0 spiro atoms. The van der Waals surface area contributed by atoms with Gasteiger partial charge < -0.3 is 0 Å². The fourth-order valence-corrected chi connectivity index (χ4v) is 11.5. The minimum absolute atomic E-state index is 0.106. The highest BCUT2D eigenvalue weighted by atomic mass is 15.2. The molecule has 0 amide bonds. The molecule has 1 aliphatic rings. The molecule has 328 valence electrons. The Balaban J connectivity index is 1.07. The molecular weight excluding hydrogens is 837 g/mol. The molecule has 3 aromatic heterocycles. The van der Waals surface area contributed by atoms with E-state index >= 15 is 0 Å². The minimum Gasteiger partial charge on any atom is -0.294 e. The Kier molecular flexibility index (Phi) is 9.28. The minimum atomic E-state index is -0.643. The van der Waals surface area contributed by atoms with Gasteiger partial charge in [0.1, 0.15) is 11.5 Å². The van der Waals surface area contributed by atoms with Gasteiger partial charge in [-0.25, -0.2) is 9.55 Å². The third kappa shape index (κ3) is 6.29. The lowest BCUT2D eigenvalue weighted by molar-refractivity contribution is 0.406. The van der Waals surface area contributed by atoms with Gasteiger partial charge >= 0.3 is 0 Å². The van der Waals surface area contributed by atoms with E-state index in [-0.39, 0.29) is 5.54 Å². The lowest BCUT2D eigenvalue weighted by atomic mass is 9.67. The van der Waals surface area contributed by atoms with E-state index in [2.05, 4.69) is 271 Å². The van der Waals surface area contributed by atoms with E-state index in [1.54, 1.807) is 0 Å². The summed E-state index contributed by atoms with van der Waals surface area (Å²) in [4.78, 5) is 5.23. The van der Waals surface area contributed by atoms with Crippen LogP contribution >= 0.6 is 0 Å². The predicted octanol–water partition coefficient (Wildman–Crippen LogP) is 16.3. The van der Waals surface area contributed by atoms with Crippen molar-refractivity contribution < 1.29 is 0 Å². The van der Waals surface area contributed by atoms with Crippen molar-refractivity contribution in [3.8, 4) is 56.0 Å². The summed E-state index contributed by atoms with van der Waals surface area (Å²) in [6.45, 7) is 6.82. The second-order valence-corrected chi connectivity index (χ2v) is 19.4. The number of benzene rings is 9. The average molecular weight is 886 g/mol. The lowest BCUT2D eigenvalue weighted by Crippen LogP contribution is -2.28. The highest BCUT2D eigenvalue weighted by Gasteiger charge is 2.46. The first kappa shape index (κ1) is 40.7. The molecule has 0 bridgehead atoms. The van der Waals surface area contributed by atoms with Gasteiger partial charge in [-0.2, -0.15) is 4.57 Å². The highest BCUT2D eigenvalue weighted by Crippen LogP contribution is 2.57. The first-order valence-electron chi connectivity index (χ1n) is 23.9. The van der Waals surface area contributed by atoms with Crippen LogP contribution in [0.15, 0.2) is 243 Å². The van der Waals surface area contributed by atoms with Gasteiger partial charge in [-0.15, -0.1) is 0 Å². The van der Waals surface area contributed by atoms with Gasteiger partial charge in [0.2, 0.25) is 0 Å². The van der Waals surface area contributed by atoms with Crippen LogP contribution in [0.3, 0.4) is 0 Å². The molecule has 0 saturated heterocycles. The molecule has 4 heteroatoms. The molecule has 0 unspecified atom stereocenters. The zero-order chi connectivity index (χ0) is 46.3. The molecule has 1 aliphatic carbocycles. The summed E-state index contributed by atoms with van der Waals surface area (Å²) in [6.07, 6.45) is 4.26. The first-order chi connectivity index (χ1) is 33.9. The normalized spacial score (nSPS) is 13.0. The predicted molar refractivity (Wildman–Crippen MR) is 286 cm³/mol. The van der Waals surface area contributed by atoms with Crippen molar-refractivity contribution in [2.24, 2.45) is 0 Å². The smallest absolute Gasteiger partial charge is 0.191 e. The number of aromatic nitrogens is 4. The molecular formula is C65H49N4+. The maximum atomic E-state index is 5.23. The highest BCUT2D eigenvalue weighted by molar-refractivity contribution is 6.10. The zero-order valence-corrected chi connectivity index (χ0v) is 38.9. The van der Waals surface area contributed by atoms with Crippen molar-refractivity contribution in [2.75, 3.05) is 0 Å². The monoisotopic (exact) mass is 885 g/mol. The molecule has 0 saturated carbocycles. The Morgan fingerprint density at radius 1 is 0.420 bits per heavy atom. The Morgan fingerprint density at radius 2 is 0.971 bits per heavy atom. The molecule has 0 radical (unpaired) electrons. The molecule has 13 rings (SSSR count). The summed E-state index contributed by atoms with van der Waals surface area (Å²) < 4.78 is 7.14. The van der Waals surface area contributed by atoms with E-state index in [0.29, 0.717) is 0 Å². The van der Waals surface area contributed by atoms with E-state index in [0.717, 1.165) is 28.1 Å². The number of hydrogen-bond acceptors (Lipinski definition) is 1. The van der Waals surface area contributed by atoms with Crippen LogP contribution in [0.1, 0.15) is 43.0 Å². The van der Waals surface area contributed by atoms with Gasteiger partial charge in [-0.05, 0) is 130 Å². The van der Waals surface area contributed by atoms with Gasteiger partial charge in [0, 0.05) is 41.2 Å². The van der Waals surface area contributed by atoms with E-state index < -0.39 is 5.41 Å². The maximum absolute atomic E-state index is 5.23. The van der Waals surface area contributed by atoms with Crippen molar-refractivity contribution in [1.82, 2.24) is 18.7 Å². The second kappa shape index (κ2) is 15.8. The van der Waals surface area contributed by atoms with Crippen LogP contribution in [0.5, 0.6) is 0 Å². The number of pyridine rings is 1. The number of rotatable bonds is 7. The van der Waals surface area contributed by atoms with Crippen LogP contribution in [0.4, 0.5) is 0 Å². The molecule has 0 fully saturated rings. The maximum Gasteiger partial charge on any atom is 0.191 e. The molecule has 0 atom stereocenters. The number of para-hydroxylation sites is 3. The van der Waals surface area contributed by atoms with Crippen molar-refractivity contribution in [2.45, 2.75) is 31.7 Å². The third-order valence-corrected chi connectivity index (χ3v) is 14.5. The van der Waals surface area contributed by atoms with Gasteiger partial charge in [0.25, 0.3) is 0 Å². The standard InChI is InChI=1S/C65H49N4/c1-64(2,3)68-43-67(59-34-16-17-35-60(59)68)49-25-18-24-47(41-49)65(56-31-13-10-26-52(56)53-27-11-14-32-57(53)65)48-36-37-55-54-28-12-15-33-58(54)69(61(55)42-48)62-40-46(38-39-66-62)63-50(44-20-6-4-7-21-44)29-19-30-51(63)45-22-8-5-9-23-45/h4-43H,1-3H3/q+1. The first-order valence-corrected chi connectivity index (χ1v) is 23.9. The van der Waals surface area contributed by atoms with Crippen LogP contribution in [0.25, 0.3) is 88.9 Å². The number of hydrogen-bond donors (Lipinski definition) is 0. The van der Waals surface area contributed by atoms with Crippen molar-refractivity contribution in [3.63, 3.8) is 0 Å². The quantitative estimate of drug-likeness (QED) is 0.147. The van der Waals surface area contributed by atoms with Crippen LogP contribution in [-0.2, 0) is 11.0 Å². The number of imidazole rings is 1. The fourth-order valence-electron chi connectivity index (χ4n) is 11.5. The van der Waals surface area contributed by atoms with E-state index in [1.165, 1.54) is 83.0 Å². The molecule has 9 aromatic carbocycles.